The van der Waals surface area contributed by atoms with Gasteiger partial charge in [-0.3, -0.25) is 10.2 Å². The Labute approximate surface area is 107 Å². The van der Waals surface area contributed by atoms with Crippen molar-refractivity contribution in [1.82, 2.24) is 5.43 Å². The van der Waals surface area contributed by atoms with Crippen LogP contribution in [0.5, 0.6) is 0 Å². The van der Waals surface area contributed by atoms with E-state index in [1.165, 1.54) is 0 Å². The highest BCUT2D eigenvalue weighted by atomic mass is 16.5. The number of hydrogen-bond donors (Lipinski definition) is 2. The maximum absolute atomic E-state index is 12.3. The molecule has 1 amide bonds. The molecule has 18 heavy (non-hydrogen) atoms. The van der Waals surface area contributed by atoms with Crippen molar-refractivity contribution in [1.29, 1.82) is 0 Å². The number of nitrogens with one attached hydrogen (secondary N) is 1. The van der Waals surface area contributed by atoms with Gasteiger partial charge in [0.15, 0.2) is 0 Å². The van der Waals surface area contributed by atoms with Crippen LogP contribution < -0.4 is 11.3 Å². The summed E-state index contributed by atoms with van der Waals surface area (Å²) in [5, 5.41) is 0. The minimum Gasteiger partial charge on any atom is -0.381 e. The van der Waals surface area contributed by atoms with Crippen LogP contribution in [0.3, 0.4) is 0 Å². The maximum atomic E-state index is 12.3. The van der Waals surface area contributed by atoms with Crippen LogP contribution in [0.2, 0.25) is 0 Å². The van der Waals surface area contributed by atoms with E-state index in [0.29, 0.717) is 26.1 Å². The molecule has 0 atom stereocenters. The number of hydrogen-bond acceptors (Lipinski definition) is 3. The molecule has 1 heterocycles. The Morgan fingerprint density at radius 3 is 2.61 bits per heavy atom. The molecule has 0 aliphatic carbocycles. The summed E-state index contributed by atoms with van der Waals surface area (Å²) < 4.78 is 5.39. The second-order valence-electron chi connectivity index (χ2n) is 4.99. The standard InChI is InChI=1S/C14H20N2O2/c1-10-3-4-11(2)12(9-10)14(13(17)16-15)5-7-18-8-6-14/h3-4,9H,5-8,15H2,1-2H3,(H,16,17). The number of aryl methyl sites for hydroxylation is 2. The molecule has 1 fully saturated rings. The number of carbonyl (C=O) groups excluding carboxylic acids is 1. The maximum Gasteiger partial charge on any atom is 0.244 e. The Kier molecular flexibility index (Phi) is 3.68. The van der Waals surface area contributed by atoms with E-state index >= 15 is 0 Å². The Balaban J connectivity index is 2.51. The second-order valence-corrected chi connectivity index (χ2v) is 4.99. The molecule has 0 radical (unpaired) electrons. The van der Waals surface area contributed by atoms with Crippen molar-refractivity contribution >= 4 is 5.91 Å². The summed E-state index contributed by atoms with van der Waals surface area (Å²) in [6.45, 7) is 5.27. The van der Waals surface area contributed by atoms with Gasteiger partial charge in [0.25, 0.3) is 0 Å². The number of carbonyl (C=O) groups is 1. The van der Waals surface area contributed by atoms with E-state index in [1.54, 1.807) is 0 Å². The molecule has 1 aromatic rings. The summed E-state index contributed by atoms with van der Waals surface area (Å²) in [5.41, 5.74) is 5.15. The third kappa shape index (κ3) is 2.13. The predicted molar refractivity (Wildman–Crippen MR) is 70.0 cm³/mol. The van der Waals surface area contributed by atoms with Gasteiger partial charge in [0.2, 0.25) is 5.91 Å². The average molecular weight is 248 g/mol. The van der Waals surface area contributed by atoms with Gasteiger partial charge in [-0.1, -0.05) is 23.8 Å². The first-order chi connectivity index (χ1) is 8.60. The van der Waals surface area contributed by atoms with Gasteiger partial charge in [-0.05, 0) is 37.8 Å². The smallest absolute Gasteiger partial charge is 0.244 e. The summed E-state index contributed by atoms with van der Waals surface area (Å²) in [7, 11) is 0. The lowest BCUT2D eigenvalue weighted by Crippen LogP contribution is -2.50. The summed E-state index contributed by atoms with van der Waals surface area (Å²) in [5.74, 6) is 5.26. The second kappa shape index (κ2) is 5.08. The average Bonchev–Trinajstić information content (AvgIpc) is 2.41. The first-order valence-corrected chi connectivity index (χ1v) is 6.27. The molecule has 98 valence electrons. The number of benzene rings is 1. The van der Waals surface area contributed by atoms with Gasteiger partial charge >= 0.3 is 0 Å². The van der Waals surface area contributed by atoms with Crippen LogP contribution in [-0.4, -0.2) is 19.1 Å². The van der Waals surface area contributed by atoms with Crippen molar-refractivity contribution in [3.8, 4) is 0 Å². The molecule has 0 bridgehead atoms. The topological polar surface area (TPSA) is 64.4 Å². The zero-order chi connectivity index (χ0) is 13.2. The first kappa shape index (κ1) is 13.1. The molecule has 0 spiro atoms. The van der Waals surface area contributed by atoms with Crippen LogP contribution in [0, 0.1) is 13.8 Å². The SMILES string of the molecule is Cc1ccc(C)c(C2(C(=O)NN)CCOCC2)c1. The summed E-state index contributed by atoms with van der Waals surface area (Å²) in [6, 6.07) is 6.22. The molecule has 0 aromatic heterocycles. The minimum atomic E-state index is -0.539. The van der Waals surface area contributed by atoms with Gasteiger partial charge in [-0.15, -0.1) is 0 Å². The van der Waals surface area contributed by atoms with Gasteiger partial charge in [0.05, 0.1) is 5.41 Å². The third-order valence-corrected chi connectivity index (χ3v) is 3.82. The molecule has 0 saturated carbocycles. The molecule has 1 aromatic carbocycles. The Hall–Kier alpha value is -1.39. The number of ether oxygens (including phenoxy) is 1. The molecule has 1 saturated heterocycles. The van der Waals surface area contributed by atoms with Gasteiger partial charge in [-0.2, -0.15) is 0 Å². The lowest BCUT2D eigenvalue weighted by Gasteiger charge is -2.36. The van der Waals surface area contributed by atoms with Crippen LogP contribution in [0.15, 0.2) is 18.2 Å². The zero-order valence-corrected chi connectivity index (χ0v) is 11.0. The molecule has 0 unspecified atom stereocenters. The fraction of sp³-hybridized carbons (Fsp3) is 0.500. The normalized spacial score (nSPS) is 18.4. The van der Waals surface area contributed by atoms with E-state index < -0.39 is 5.41 Å². The van der Waals surface area contributed by atoms with Crippen molar-refractivity contribution in [2.45, 2.75) is 32.1 Å². The number of hydrazine groups is 1. The summed E-state index contributed by atoms with van der Waals surface area (Å²) in [6.07, 6.45) is 1.36. The Bertz CT molecular complexity index is 451. The van der Waals surface area contributed by atoms with Crippen molar-refractivity contribution in [2.75, 3.05) is 13.2 Å². The highest BCUT2D eigenvalue weighted by Gasteiger charge is 2.42. The number of nitrogens with two attached hydrogens (primary N) is 1. The molecule has 4 nitrogen and oxygen atoms in total. The number of rotatable bonds is 2. The van der Waals surface area contributed by atoms with Crippen LogP contribution in [0.25, 0.3) is 0 Å². The fourth-order valence-electron chi connectivity index (χ4n) is 2.73. The van der Waals surface area contributed by atoms with Crippen molar-refractivity contribution in [3.05, 3.63) is 34.9 Å². The molecule has 4 heteroatoms. The van der Waals surface area contributed by atoms with E-state index in [2.05, 4.69) is 23.6 Å². The van der Waals surface area contributed by atoms with E-state index in [4.69, 9.17) is 10.6 Å². The molecular formula is C14H20N2O2. The van der Waals surface area contributed by atoms with Crippen LogP contribution >= 0.6 is 0 Å². The molecule has 1 aliphatic heterocycles. The highest BCUT2D eigenvalue weighted by molar-refractivity contribution is 5.88. The van der Waals surface area contributed by atoms with Crippen molar-refractivity contribution in [3.63, 3.8) is 0 Å². The van der Waals surface area contributed by atoms with Crippen LogP contribution in [0.1, 0.15) is 29.5 Å². The van der Waals surface area contributed by atoms with Gasteiger partial charge in [0, 0.05) is 13.2 Å². The van der Waals surface area contributed by atoms with E-state index in [9.17, 15) is 4.79 Å². The summed E-state index contributed by atoms with van der Waals surface area (Å²) >= 11 is 0. The van der Waals surface area contributed by atoms with Crippen molar-refractivity contribution in [2.24, 2.45) is 5.84 Å². The fourth-order valence-corrected chi connectivity index (χ4v) is 2.73. The lowest BCUT2D eigenvalue weighted by molar-refractivity contribution is -0.130. The highest BCUT2D eigenvalue weighted by Crippen LogP contribution is 2.37. The van der Waals surface area contributed by atoms with Gasteiger partial charge in [0.1, 0.15) is 0 Å². The molecule has 3 N–H and O–H groups in total. The minimum absolute atomic E-state index is 0.112. The van der Waals surface area contributed by atoms with Crippen molar-refractivity contribution < 1.29 is 9.53 Å². The van der Waals surface area contributed by atoms with Gasteiger partial charge in [-0.25, -0.2) is 5.84 Å². The zero-order valence-electron chi connectivity index (χ0n) is 11.0. The number of amides is 1. The largest absolute Gasteiger partial charge is 0.381 e. The monoisotopic (exact) mass is 248 g/mol. The van der Waals surface area contributed by atoms with Gasteiger partial charge < -0.3 is 4.74 Å². The van der Waals surface area contributed by atoms with Crippen LogP contribution in [-0.2, 0) is 14.9 Å². The Morgan fingerprint density at radius 2 is 2.00 bits per heavy atom. The third-order valence-electron chi connectivity index (χ3n) is 3.82. The first-order valence-electron chi connectivity index (χ1n) is 6.27. The molecular weight excluding hydrogens is 228 g/mol. The van der Waals surface area contributed by atoms with E-state index in [-0.39, 0.29) is 5.91 Å². The quantitative estimate of drug-likeness (QED) is 0.471. The van der Waals surface area contributed by atoms with Crippen LogP contribution in [0.4, 0.5) is 0 Å². The van der Waals surface area contributed by atoms with E-state index in [1.807, 2.05) is 13.8 Å². The molecule has 2 rings (SSSR count). The molecule has 1 aliphatic rings. The summed E-state index contributed by atoms with van der Waals surface area (Å²) in [4.78, 5) is 12.3. The van der Waals surface area contributed by atoms with E-state index in [0.717, 1.165) is 16.7 Å². The lowest BCUT2D eigenvalue weighted by atomic mass is 9.71. The predicted octanol–water partition coefficient (Wildman–Crippen LogP) is 1.34. The Morgan fingerprint density at radius 1 is 1.33 bits per heavy atom.